The summed E-state index contributed by atoms with van der Waals surface area (Å²) in [7, 11) is 3.02. The monoisotopic (exact) mass is 487 g/mol. The summed E-state index contributed by atoms with van der Waals surface area (Å²) in [5.74, 6) is -1.91. The smallest absolute Gasteiger partial charge is 0.335 e. The van der Waals surface area contributed by atoms with Crippen molar-refractivity contribution >= 4 is 23.4 Å². The minimum absolute atomic E-state index is 0.0194. The maximum atomic E-state index is 13.3. The number of aliphatic hydroxyl groups excluding tert-OH is 1. The Morgan fingerprint density at radius 1 is 0.944 bits per heavy atom. The molecule has 0 aliphatic carbocycles. The number of benzene rings is 3. The molecule has 1 aliphatic heterocycles. The number of hydrogen-bond acceptors (Lipinski definition) is 6. The number of para-hydroxylation sites is 1. The Labute approximate surface area is 208 Å². The van der Waals surface area contributed by atoms with Gasteiger partial charge in [-0.2, -0.15) is 0 Å². The van der Waals surface area contributed by atoms with Crippen molar-refractivity contribution in [2.24, 2.45) is 0 Å². The fraction of sp³-hybridized carbons (Fsp3) is 0.179. The Morgan fingerprint density at radius 3 is 2.25 bits per heavy atom. The number of hydrogen-bond donors (Lipinski definition) is 2. The molecule has 0 radical (unpaired) electrons. The Morgan fingerprint density at radius 2 is 1.64 bits per heavy atom. The summed E-state index contributed by atoms with van der Waals surface area (Å²) in [5, 5.41) is 20.5. The Bertz CT molecular complexity index is 1370. The topological polar surface area (TPSA) is 113 Å². The summed E-state index contributed by atoms with van der Waals surface area (Å²) in [6, 6.07) is 17.2. The van der Waals surface area contributed by atoms with Crippen LogP contribution in [0, 0.1) is 6.92 Å². The number of ketones is 1. The second kappa shape index (κ2) is 9.95. The fourth-order valence-electron chi connectivity index (χ4n) is 4.38. The van der Waals surface area contributed by atoms with Crippen molar-refractivity contribution < 1.29 is 34.1 Å². The number of amides is 1. The molecule has 2 N–H and O–H groups in total. The second-order valence-corrected chi connectivity index (χ2v) is 8.35. The summed E-state index contributed by atoms with van der Waals surface area (Å²) >= 11 is 0. The van der Waals surface area contributed by atoms with Crippen LogP contribution in [0.1, 0.15) is 38.7 Å². The van der Waals surface area contributed by atoms with Gasteiger partial charge in [0.15, 0.2) is 0 Å². The molecule has 4 rings (SSSR count). The number of methoxy groups -OCH3 is 2. The van der Waals surface area contributed by atoms with Gasteiger partial charge in [0, 0.05) is 17.7 Å². The molecule has 1 heterocycles. The number of ether oxygens (including phenoxy) is 2. The molecule has 184 valence electrons. The zero-order valence-electron chi connectivity index (χ0n) is 20.0. The normalized spacial score (nSPS) is 16.8. The number of Topliss-reactive ketones (excluding diaryl/α,β-unsaturated/α-hetero) is 1. The lowest BCUT2D eigenvalue weighted by Crippen LogP contribution is -2.29. The maximum Gasteiger partial charge on any atom is 0.335 e. The van der Waals surface area contributed by atoms with Crippen LogP contribution in [0.2, 0.25) is 0 Å². The maximum absolute atomic E-state index is 13.3. The van der Waals surface area contributed by atoms with Crippen LogP contribution in [-0.4, -0.2) is 47.0 Å². The van der Waals surface area contributed by atoms with Gasteiger partial charge in [-0.25, -0.2) is 4.79 Å². The van der Waals surface area contributed by atoms with E-state index in [1.54, 1.807) is 61.5 Å². The van der Waals surface area contributed by atoms with Crippen LogP contribution in [0.25, 0.3) is 5.76 Å². The zero-order chi connectivity index (χ0) is 26.0. The van der Waals surface area contributed by atoms with Gasteiger partial charge < -0.3 is 24.6 Å². The molecule has 1 aliphatic rings. The van der Waals surface area contributed by atoms with Crippen molar-refractivity contribution in [3.05, 3.63) is 100 Å². The molecule has 1 amide bonds. The number of carbonyl (C=O) groups is 3. The average molecular weight is 488 g/mol. The van der Waals surface area contributed by atoms with Crippen LogP contribution in [0.4, 0.5) is 0 Å². The summed E-state index contributed by atoms with van der Waals surface area (Å²) in [6.07, 6.45) is 0. The van der Waals surface area contributed by atoms with Crippen molar-refractivity contribution in [3.8, 4) is 11.5 Å². The highest BCUT2D eigenvalue weighted by Crippen LogP contribution is 2.43. The number of carboxylic acid groups (broad SMARTS) is 1. The minimum atomic E-state index is -1.06. The van der Waals surface area contributed by atoms with Crippen LogP contribution >= 0.6 is 0 Å². The van der Waals surface area contributed by atoms with Gasteiger partial charge in [0.25, 0.3) is 11.7 Å². The molecular formula is C28H25NO7. The van der Waals surface area contributed by atoms with Crippen molar-refractivity contribution in [1.82, 2.24) is 4.90 Å². The summed E-state index contributed by atoms with van der Waals surface area (Å²) < 4.78 is 10.8. The average Bonchev–Trinajstić information content (AvgIpc) is 3.13. The molecule has 1 atom stereocenters. The first-order valence-electron chi connectivity index (χ1n) is 11.2. The number of nitrogens with zero attached hydrogens (tertiary/aromatic N) is 1. The molecule has 3 aromatic carbocycles. The molecule has 0 spiro atoms. The molecule has 0 aromatic heterocycles. The molecule has 0 saturated carbocycles. The number of carbonyl (C=O) groups excluding carboxylic acids is 2. The van der Waals surface area contributed by atoms with Crippen molar-refractivity contribution in [2.45, 2.75) is 19.5 Å². The Balaban J connectivity index is 1.87. The third-order valence-corrected chi connectivity index (χ3v) is 6.22. The predicted molar refractivity (Wildman–Crippen MR) is 132 cm³/mol. The van der Waals surface area contributed by atoms with Crippen LogP contribution < -0.4 is 9.47 Å². The van der Waals surface area contributed by atoms with E-state index in [1.165, 1.54) is 31.3 Å². The highest BCUT2D eigenvalue weighted by molar-refractivity contribution is 6.46. The van der Waals surface area contributed by atoms with Gasteiger partial charge in [0.1, 0.15) is 17.3 Å². The molecule has 8 nitrogen and oxygen atoms in total. The number of carboxylic acids is 1. The van der Waals surface area contributed by atoms with E-state index in [2.05, 4.69) is 0 Å². The van der Waals surface area contributed by atoms with E-state index in [0.717, 1.165) is 0 Å². The van der Waals surface area contributed by atoms with E-state index in [9.17, 15) is 24.6 Å². The second-order valence-electron chi connectivity index (χ2n) is 8.35. The standard InChI is InChI=1S/C28H25NO7/c1-16-14-19(35-2)12-13-20(16)25(30)23-24(21-6-4-5-7-22(21)36-3)29(27(32)26(23)31)15-17-8-10-18(11-9-17)28(33)34/h4-14,24,30H,15H2,1-3H3,(H,33,34)/b25-23+. The molecule has 36 heavy (non-hydrogen) atoms. The van der Waals surface area contributed by atoms with Gasteiger partial charge in [0.2, 0.25) is 0 Å². The van der Waals surface area contributed by atoms with E-state index in [0.29, 0.717) is 33.8 Å². The van der Waals surface area contributed by atoms with Gasteiger partial charge in [-0.15, -0.1) is 0 Å². The highest BCUT2D eigenvalue weighted by atomic mass is 16.5. The molecule has 1 saturated heterocycles. The van der Waals surface area contributed by atoms with Gasteiger partial charge in [-0.1, -0.05) is 30.3 Å². The molecule has 3 aromatic rings. The largest absolute Gasteiger partial charge is 0.507 e. The van der Waals surface area contributed by atoms with E-state index in [4.69, 9.17) is 9.47 Å². The number of rotatable bonds is 7. The number of likely N-dealkylation sites (tertiary alicyclic amines) is 1. The lowest BCUT2D eigenvalue weighted by molar-refractivity contribution is -0.140. The zero-order valence-corrected chi connectivity index (χ0v) is 20.0. The Kier molecular flexibility index (Phi) is 6.78. The lowest BCUT2D eigenvalue weighted by atomic mass is 9.93. The lowest BCUT2D eigenvalue weighted by Gasteiger charge is -2.27. The molecule has 1 fully saturated rings. The predicted octanol–water partition coefficient (Wildman–Crippen LogP) is 4.33. The molecule has 1 unspecified atom stereocenters. The van der Waals surface area contributed by atoms with E-state index < -0.39 is 23.7 Å². The first-order chi connectivity index (χ1) is 17.3. The Hall–Kier alpha value is -4.59. The number of aromatic carboxylic acids is 1. The highest BCUT2D eigenvalue weighted by Gasteiger charge is 2.47. The first-order valence-corrected chi connectivity index (χ1v) is 11.2. The number of aliphatic hydroxyl groups is 1. The third kappa shape index (κ3) is 4.40. The molecule has 0 bridgehead atoms. The van der Waals surface area contributed by atoms with Crippen LogP contribution in [0.15, 0.2) is 72.3 Å². The van der Waals surface area contributed by atoms with Crippen LogP contribution in [0.5, 0.6) is 11.5 Å². The van der Waals surface area contributed by atoms with Gasteiger partial charge >= 0.3 is 5.97 Å². The van der Waals surface area contributed by atoms with Crippen LogP contribution in [0.3, 0.4) is 0 Å². The van der Waals surface area contributed by atoms with E-state index in [-0.39, 0.29) is 23.4 Å². The van der Waals surface area contributed by atoms with Gasteiger partial charge in [0.05, 0.1) is 31.4 Å². The minimum Gasteiger partial charge on any atom is -0.507 e. The third-order valence-electron chi connectivity index (χ3n) is 6.22. The van der Waals surface area contributed by atoms with Gasteiger partial charge in [-0.3, -0.25) is 9.59 Å². The first kappa shape index (κ1) is 24.5. The van der Waals surface area contributed by atoms with Gasteiger partial charge in [-0.05, 0) is 54.4 Å². The van der Waals surface area contributed by atoms with Crippen molar-refractivity contribution in [1.29, 1.82) is 0 Å². The quantitative estimate of drug-likeness (QED) is 0.290. The van der Waals surface area contributed by atoms with E-state index in [1.807, 2.05) is 0 Å². The summed E-state index contributed by atoms with van der Waals surface area (Å²) in [6.45, 7) is 1.79. The van der Waals surface area contributed by atoms with Crippen LogP contribution in [-0.2, 0) is 16.1 Å². The van der Waals surface area contributed by atoms with Crippen molar-refractivity contribution in [3.63, 3.8) is 0 Å². The van der Waals surface area contributed by atoms with E-state index >= 15 is 0 Å². The van der Waals surface area contributed by atoms with Crippen molar-refractivity contribution in [2.75, 3.05) is 14.2 Å². The fourth-order valence-corrected chi connectivity index (χ4v) is 4.38. The summed E-state index contributed by atoms with van der Waals surface area (Å²) in [5.41, 5.74) is 2.29. The molecule has 8 heteroatoms. The number of aryl methyl sites for hydroxylation is 1. The summed E-state index contributed by atoms with van der Waals surface area (Å²) in [4.78, 5) is 39.2. The SMILES string of the molecule is COc1ccc(/C(O)=C2\C(=O)C(=O)N(Cc3ccc(C(=O)O)cc3)C2c2ccccc2OC)c(C)c1. The molecular weight excluding hydrogens is 462 g/mol.